The number of carbonyl (C=O) groups excluding carboxylic acids is 1. The van der Waals surface area contributed by atoms with Gasteiger partial charge in [0.1, 0.15) is 5.76 Å². The Morgan fingerprint density at radius 2 is 1.93 bits per heavy atom. The number of rotatable bonds is 7. The average molecular weight is 412 g/mol. The molecule has 1 aliphatic rings. The van der Waals surface area contributed by atoms with Gasteiger partial charge in [0.05, 0.1) is 17.6 Å². The van der Waals surface area contributed by atoms with Crippen molar-refractivity contribution in [3.63, 3.8) is 0 Å². The zero-order valence-electron chi connectivity index (χ0n) is 16.7. The highest BCUT2D eigenvalue weighted by atomic mass is 32.2. The van der Waals surface area contributed by atoms with Crippen molar-refractivity contribution in [3.8, 4) is 11.4 Å². The van der Waals surface area contributed by atoms with Crippen LogP contribution in [0.4, 0.5) is 5.69 Å². The highest BCUT2D eigenvalue weighted by Crippen LogP contribution is 2.26. The second-order valence-corrected chi connectivity index (χ2v) is 8.22. The number of likely N-dealkylation sites (tertiary alicyclic amines) is 1. The Morgan fingerprint density at radius 1 is 1.17 bits per heavy atom. The molecule has 1 amide bonds. The number of aryl methyl sites for hydroxylation is 1. The van der Waals surface area contributed by atoms with Crippen LogP contribution >= 0.6 is 11.8 Å². The maximum absolute atomic E-state index is 12.3. The fourth-order valence-corrected chi connectivity index (χ4v) is 4.22. The molecule has 1 N–H and O–H groups in total. The van der Waals surface area contributed by atoms with Crippen molar-refractivity contribution >= 4 is 23.4 Å². The topological polar surface area (TPSA) is 76.2 Å². The number of carbonyl (C=O) groups is 1. The molecular formula is C21H25N5O2S. The van der Waals surface area contributed by atoms with Crippen molar-refractivity contribution in [1.82, 2.24) is 19.7 Å². The molecular weight excluding hydrogens is 386 g/mol. The van der Waals surface area contributed by atoms with Crippen molar-refractivity contribution in [2.24, 2.45) is 7.05 Å². The Morgan fingerprint density at radius 3 is 2.62 bits per heavy atom. The summed E-state index contributed by atoms with van der Waals surface area (Å²) in [6.45, 7) is 5.23. The Hall–Kier alpha value is -2.58. The fourth-order valence-electron chi connectivity index (χ4n) is 3.51. The number of amides is 1. The van der Waals surface area contributed by atoms with Crippen LogP contribution in [0.25, 0.3) is 11.4 Å². The zero-order chi connectivity index (χ0) is 20.2. The predicted octanol–water partition coefficient (Wildman–Crippen LogP) is 3.71. The monoisotopic (exact) mass is 411 g/mol. The Bertz CT molecular complexity index is 973. The number of aromatic nitrogens is 3. The van der Waals surface area contributed by atoms with Crippen LogP contribution in [-0.2, 0) is 18.4 Å². The van der Waals surface area contributed by atoms with Crippen LogP contribution in [0.15, 0.2) is 46.2 Å². The van der Waals surface area contributed by atoms with Crippen molar-refractivity contribution in [2.75, 3.05) is 24.2 Å². The van der Waals surface area contributed by atoms with Gasteiger partial charge in [0.2, 0.25) is 5.91 Å². The Labute approximate surface area is 174 Å². The van der Waals surface area contributed by atoms with Gasteiger partial charge in [-0.3, -0.25) is 9.69 Å². The third-order valence-corrected chi connectivity index (χ3v) is 6.13. The van der Waals surface area contributed by atoms with Gasteiger partial charge in [-0.05, 0) is 56.6 Å². The van der Waals surface area contributed by atoms with Gasteiger partial charge in [-0.15, -0.1) is 10.2 Å². The lowest BCUT2D eigenvalue weighted by molar-refractivity contribution is -0.113. The number of anilines is 1. The number of nitrogens with zero attached hydrogens (tertiary/aromatic N) is 4. The van der Waals surface area contributed by atoms with Crippen LogP contribution in [0.5, 0.6) is 0 Å². The summed E-state index contributed by atoms with van der Waals surface area (Å²) in [5.41, 5.74) is 3.00. The normalized spacial score (nSPS) is 14.4. The zero-order valence-corrected chi connectivity index (χ0v) is 17.5. The summed E-state index contributed by atoms with van der Waals surface area (Å²) in [6, 6.07) is 9.98. The highest BCUT2D eigenvalue weighted by Gasteiger charge is 2.16. The van der Waals surface area contributed by atoms with E-state index in [1.165, 1.54) is 43.3 Å². The third-order valence-electron chi connectivity index (χ3n) is 5.11. The predicted molar refractivity (Wildman–Crippen MR) is 114 cm³/mol. The molecule has 0 unspecified atom stereocenters. The molecule has 3 heterocycles. The molecule has 0 aliphatic carbocycles. The smallest absolute Gasteiger partial charge is 0.234 e. The first kappa shape index (κ1) is 19.7. The number of benzene rings is 1. The van der Waals surface area contributed by atoms with E-state index in [-0.39, 0.29) is 11.7 Å². The first-order valence-electron chi connectivity index (χ1n) is 9.78. The molecule has 1 aliphatic heterocycles. The van der Waals surface area contributed by atoms with Crippen LogP contribution in [0.3, 0.4) is 0 Å². The molecule has 8 heteroatoms. The van der Waals surface area contributed by atoms with Gasteiger partial charge >= 0.3 is 0 Å². The second kappa shape index (κ2) is 8.84. The minimum absolute atomic E-state index is 0.0636. The van der Waals surface area contributed by atoms with E-state index in [0.29, 0.717) is 5.16 Å². The molecule has 0 spiro atoms. The summed E-state index contributed by atoms with van der Waals surface area (Å²) in [6.07, 6.45) is 4.22. The van der Waals surface area contributed by atoms with Crippen LogP contribution in [0.2, 0.25) is 0 Å². The quantitative estimate of drug-likeness (QED) is 0.597. The van der Waals surface area contributed by atoms with Crippen molar-refractivity contribution in [1.29, 1.82) is 0 Å². The highest BCUT2D eigenvalue weighted by molar-refractivity contribution is 7.99. The standard InChI is InChI=1S/C21H25N5O2S/c1-15-18(9-12-28-15)20-23-24-21(25(20)2)29-14-19(27)22-17-7-5-16(6-8-17)13-26-10-3-4-11-26/h5-9,12H,3-4,10-11,13-14H2,1-2H3,(H,22,27). The van der Waals surface area contributed by atoms with Crippen molar-refractivity contribution in [3.05, 3.63) is 47.9 Å². The first-order chi connectivity index (χ1) is 14.1. The van der Waals surface area contributed by atoms with E-state index < -0.39 is 0 Å². The summed E-state index contributed by atoms with van der Waals surface area (Å²) in [5, 5.41) is 12.1. The summed E-state index contributed by atoms with van der Waals surface area (Å²) in [4.78, 5) is 14.8. The van der Waals surface area contributed by atoms with E-state index in [1.54, 1.807) is 6.26 Å². The van der Waals surface area contributed by atoms with Gasteiger partial charge in [-0.25, -0.2) is 0 Å². The summed E-state index contributed by atoms with van der Waals surface area (Å²) >= 11 is 1.36. The fraction of sp³-hybridized carbons (Fsp3) is 0.381. The molecule has 0 bridgehead atoms. The number of furan rings is 1. The van der Waals surface area contributed by atoms with Gasteiger partial charge in [0.15, 0.2) is 11.0 Å². The van der Waals surface area contributed by atoms with Gasteiger partial charge in [-0.2, -0.15) is 0 Å². The van der Waals surface area contributed by atoms with Crippen LogP contribution in [0, 0.1) is 6.92 Å². The Kier molecular flexibility index (Phi) is 6.01. The molecule has 29 heavy (non-hydrogen) atoms. The minimum Gasteiger partial charge on any atom is -0.469 e. The van der Waals surface area contributed by atoms with Gasteiger partial charge in [0.25, 0.3) is 0 Å². The molecule has 0 saturated carbocycles. The van der Waals surface area contributed by atoms with E-state index >= 15 is 0 Å². The lowest BCUT2D eigenvalue weighted by atomic mass is 10.2. The lowest BCUT2D eigenvalue weighted by Crippen LogP contribution is -2.18. The molecule has 2 aromatic heterocycles. The van der Waals surface area contributed by atoms with E-state index in [1.807, 2.05) is 36.7 Å². The summed E-state index contributed by atoms with van der Waals surface area (Å²) in [7, 11) is 1.89. The SMILES string of the molecule is Cc1occc1-c1nnc(SCC(=O)Nc2ccc(CN3CCCC3)cc2)n1C. The maximum atomic E-state index is 12.3. The molecule has 4 rings (SSSR count). The summed E-state index contributed by atoms with van der Waals surface area (Å²) in [5.74, 6) is 1.73. The van der Waals surface area contributed by atoms with Gasteiger partial charge < -0.3 is 14.3 Å². The lowest BCUT2D eigenvalue weighted by Gasteiger charge is -2.14. The molecule has 1 saturated heterocycles. The molecule has 0 radical (unpaired) electrons. The first-order valence-corrected chi connectivity index (χ1v) is 10.8. The molecule has 7 nitrogen and oxygen atoms in total. The van der Waals surface area contributed by atoms with Crippen molar-refractivity contribution in [2.45, 2.75) is 31.5 Å². The van der Waals surface area contributed by atoms with E-state index in [4.69, 9.17) is 4.42 Å². The second-order valence-electron chi connectivity index (χ2n) is 7.27. The molecule has 1 fully saturated rings. The third kappa shape index (κ3) is 4.71. The summed E-state index contributed by atoms with van der Waals surface area (Å²) < 4.78 is 7.22. The maximum Gasteiger partial charge on any atom is 0.234 e. The van der Waals surface area contributed by atoms with Crippen LogP contribution < -0.4 is 5.32 Å². The number of thioether (sulfide) groups is 1. The van der Waals surface area contributed by atoms with Crippen LogP contribution in [-0.4, -0.2) is 44.4 Å². The molecule has 1 aromatic carbocycles. The number of hydrogen-bond donors (Lipinski definition) is 1. The average Bonchev–Trinajstić information content (AvgIpc) is 3.44. The number of nitrogens with one attached hydrogen (secondary N) is 1. The molecule has 0 atom stereocenters. The van der Waals surface area contributed by atoms with Crippen LogP contribution in [0.1, 0.15) is 24.2 Å². The van der Waals surface area contributed by atoms with Gasteiger partial charge in [0, 0.05) is 19.3 Å². The largest absolute Gasteiger partial charge is 0.469 e. The number of hydrogen-bond acceptors (Lipinski definition) is 6. The Balaban J connectivity index is 1.30. The minimum atomic E-state index is -0.0636. The van der Waals surface area contributed by atoms with Gasteiger partial charge in [-0.1, -0.05) is 23.9 Å². The van der Waals surface area contributed by atoms with E-state index in [0.717, 1.165) is 29.4 Å². The van der Waals surface area contributed by atoms with E-state index in [9.17, 15) is 4.79 Å². The molecule has 3 aromatic rings. The van der Waals surface area contributed by atoms with Crippen molar-refractivity contribution < 1.29 is 9.21 Å². The van der Waals surface area contributed by atoms with E-state index in [2.05, 4.69) is 32.5 Å². The molecule has 152 valence electrons.